The van der Waals surface area contributed by atoms with E-state index in [1.54, 1.807) is 20.8 Å². The van der Waals surface area contributed by atoms with Crippen molar-refractivity contribution in [1.29, 1.82) is 0 Å². The highest BCUT2D eigenvalue weighted by Gasteiger charge is 2.62. The molecule has 0 bridgehead atoms. The van der Waals surface area contributed by atoms with Crippen LogP contribution >= 0.6 is 0 Å². The number of ether oxygens (including phenoxy) is 2. The Bertz CT molecular complexity index is 2360. The highest BCUT2D eigenvalue weighted by atomic mass is 32.2. The van der Waals surface area contributed by atoms with Crippen LogP contribution in [-0.2, 0) is 29.1 Å². The van der Waals surface area contributed by atoms with Gasteiger partial charge in [0.25, 0.3) is 5.91 Å². The van der Waals surface area contributed by atoms with Gasteiger partial charge >= 0.3 is 6.09 Å². The molecule has 296 valence electrons. The highest BCUT2D eigenvalue weighted by molar-refractivity contribution is 7.91. The number of hydrogen-bond acceptors (Lipinski definition) is 10. The van der Waals surface area contributed by atoms with E-state index in [0.717, 1.165) is 18.2 Å². The molecule has 3 N–H and O–H groups in total. The normalized spacial score (nSPS) is 26.7. The third kappa shape index (κ3) is 7.52. The maximum atomic E-state index is 14.6. The van der Waals surface area contributed by atoms with E-state index in [9.17, 15) is 27.6 Å². The first-order chi connectivity index (χ1) is 26.7. The Kier molecular flexibility index (Phi) is 9.70. The highest BCUT2D eigenvalue weighted by Crippen LogP contribution is 2.46. The Morgan fingerprint density at radius 2 is 1.75 bits per heavy atom. The molecule has 4 heterocycles. The van der Waals surface area contributed by atoms with E-state index < -0.39 is 74.3 Å². The van der Waals surface area contributed by atoms with Gasteiger partial charge in [-0.05, 0) is 83.6 Å². The minimum absolute atomic E-state index is 0.0274. The number of para-hydroxylation sites is 2. The number of nitrogens with zero attached hydrogens (tertiary/aromatic N) is 2. The molecule has 5 atom stereocenters. The monoisotopic (exact) mass is 785 g/mol. The predicted octanol–water partition coefficient (Wildman–Crippen LogP) is 5.38. The van der Waals surface area contributed by atoms with Gasteiger partial charge in [-0.3, -0.25) is 19.1 Å². The minimum atomic E-state index is -3.90. The number of fused-ring (bicyclic) bond motifs is 6. The van der Waals surface area contributed by atoms with Gasteiger partial charge in [0, 0.05) is 23.1 Å². The summed E-state index contributed by atoms with van der Waals surface area (Å²) in [5, 5.41) is 6.53. The van der Waals surface area contributed by atoms with Crippen molar-refractivity contribution in [3.8, 4) is 5.75 Å². The van der Waals surface area contributed by atoms with Gasteiger partial charge in [-0.1, -0.05) is 49.3 Å². The number of hydrogen-bond donors (Lipinski definition) is 3. The second-order valence-electron chi connectivity index (χ2n) is 16.4. The Labute approximate surface area is 324 Å². The van der Waals surface area contributed by atoms with E-state index in [0.29, 0.717) is 65.4 Å². The summed E-state index contributed by atoms with van der Waals surface area (Å²) in [7, 11) is -3.90. The van der Waals surface area contributed by atoms with Crippen LogP contribution in [-0.4, -0.2) is 83.2 Å². The molecule has 15 heteroatoms. The summed E-state index contributed by atoms with van der Waals surface area (Å²) in [6.45, 7) is 5.17. The van der Waals surface area contributed by atoms with Crippen molar-refractivity contribution in [3.05, 3.63) is 60.7 Å². The van der Waals surface area contributed by atoms with Crippen LogP contribution in [0, 0.1) is 5.92 Å². The van der Waals surface area contributed by atoms with Crippen molar-refractivity contribution in [2.24, 2.45) is 5.92 Å². The summed E-state index contributed by atoms with van der Waals surface area (Å²) in [5.74, 6) is -1.93. The topological polar surface area (TPSA) is 186 Å². The van der Waals surface area contributed by atoms with Gasteiger partial charge in [0.2, 0.25) is 21.8 Å². The number of amides is 4. The number of pyridine rings is 1. The van der Waals surface area contributed by atoms with Crippen molar-refractivity contribution in [2.75, 3.05) is 6.54 Å². The van der Waals surface area contributed by atoms with Crippen molar-refractivity contribution >= 4 is 66.8 Å². The third-order valence-corrected chi connectivity index (χ3v) is 12.8. The fourth-order valence-electron chi connectivity index (χ4n) is 7.88. The van der Waals surface area contributed by atoms with Gasteiger partial charge in [0.05, 0.1) is 17.3 Å². The number of aromatic nitrogens is 1. The first-order valence-corrected chi connectivity index (χ1v) is 21.0. The van der Waals surface area contributed by atoms with Crippen molar-refractivity contribution in [1.82, 2.24) is 25.2 Å². The van der Waals surface area contributed by atoms with Crippen LogP contribution in [0.1, 0.15) is 78.6 Å². The van der Waals surface area contributed by atoms with Crippen LogP contribution in [0.15, 0.2) is 65.1 Å². The molecule has 2 aliphatic heterocycles. The molecule has 1 saturated heterocycles. The largest absolute Gasteiger partial charge is 0.484 e. The van der Waals surface area contributed by atoms with Crippen LogP contribution in [0.2, 0.25) is 0 Å². The maximum Gasteiger partial charge on any atom is 0.408 e. The number of nitrogens with one attached hydrogen (secondary N) is 3. The zero-order chi connectivity index (χ0) is 39.4. The number of benzene rings is 2. The van der Waals surface area contributed by atoms with Crippen molar-refractivity contribution < 1.29 is 41.5 Å². The molecule has 3 fully saturated rings. The zero-order valence-corrected chi connectivity index (χ0v) is 32.5. The Balaban J connectivity index is 1.15. The fraction of sp³-hybridized carbons (Fsp3) is 0.488. The van der Waals surface area contributed by atoms with Crippen LogP contribution < -0.4 is 20.1 Å². The molecule has 2 saturated carbocycles. The lowest BCUT2D eigenvalue weighted by atomic mass is 10.0. The third-order valence-electron chi connectivity index (χ3n) is 11.0. The molecule has 14 nitrogen and oxygen atoms in total. The molecule has 56 heavy (non-hydrogen) atoms. The van der Waals surface area contributed by atoms with E-state index in [1.165, 1.54) is 4.90 Å². The Morgan fingerprint density at radius 1 is 1.00 bits per heavy atom. The van der Waals surface area contributed by atoms with Crippen LogP contribution in [0.4, 0.5) is 4.79 Å². The van der Waals surface area contributed by atoms with Gasteiger partial charge in [-0.15, -0.1) is 0 Å². The Morgan fingerprint density at radius 3 is 2.52 bits per heavy atom. The quantitative estimate of drug-likeness (QED) is 0.215. The fourth-order valence-corrected chi connectivity index (χ4v) is 9.25. The predicted molar refractivity (Wildman–Crippen MR) is 208 cm³/mol. The summed E-state index contributed by atoms with van der Waals surface area (Å²) < 4.78 is 46.6. The summed E-state index contributed by atoms with van der Waals surface area (Å²) in [6, 6.07) is 12.9. The summed E-state index contributed by atoms with van der Waals surface area (Å²) in [5.41, 5.74) is 0.00659. The first-order valence-electron chi connectivity index (χ1n) is 19.4. The van der Waals surface area contributed by atoms with Crippen LogP contribution in [0.25, 0.3) is 33.0 Å². The van der Waals surface area contributed by atoms with Gasteiger partial charge < -0.3 is 29.4 Å². The lowest BCUT2D eigenvalue weighted by molar-refractivity contribution is -0.141. The number of carbonyl (C=O) groups is 4. The van der Waals surface area contributed by atoms with E-state index in [1.807, 2.05) is 60.7 Å². The van der Waals surface area contributed by atoms with Gasteiger partial charge in [-0.25, -0.2) is 18.2 Å². The number of rotatable bonds is 6. The smallest absolute Gasteiger partial charge is 0.408 e. The SMILES string of the molecule is CC(C)(C)OC(=O)N[C@@H]1CCCCC/C=C\[C@@H]2C[C@@]2(C(=O)NS(=O)(=O)C2CC2)NC(=O)[C@@H]2C[C@H](Oc3c4ccccc4nc4c3oc3ccccc34)CN2C1=O. The molecule has 0 spiro atoms. The molecule has 0 radical (unpaired) electrons. The first kappa shape index (κ1) is 37.7. The standard InChI is InChI=1S/C41H47N5O9S/c1-40(2,3)55-39(50)43-30-17-8-6-4-5-7-13-24-22-41(24,38(49)45-56(51,52)26-19-20-26)44-36(47)31-21-25(23-46(31)37(30)48)53-34-27-14-9-11-16-29(27)42-33-28-15-10-12-18-32(28)54-35(33)34/h7,9-16,18,24-26,30-31H,4-6,8,17,19-23H2,1-3H3,(H,43,50)(H,44,47)(H,45,49)/b13-7-/t24-,25+,30-,31+,41-/m1/s1. The average molecular weight is 786 g/mol. The zero-order valence-electron chi connectivity index (χ0n) is 31.7. The number of carbonyl (C=O) groups excluding carboxylic acids is 4. The molecule has 2 aliphatic carbocycles. The van der Waals surface area contributed by atoms with Gasteiger partial charge in [0.1, 0.15) is 40.4 Å². The van der Waals surface area contributed by atoms with Crippen molar-refractivity contribution in [3.63, 3.8) is 0 Å². The molecule has 4 aromatic rings. The van der Waals surface area contributed by atoms with Crippen LogP contribution in [0.3, 0.4) is 0 Å². The van der Waals surface area contributed by atoms with Crippen LogP contribution in [0.5, 0.6) is 5.75 Å². The lowest BCUT2D eigenvalue weighted by Crippen LogP contribution is -2.58. The number of sulfonamides is 1. The number of furan rings is 1. The molecular weight excluding hydrogens is 739 g/mol. The molecule has 0 unspecified atom stereocenters. The molecule has 2 aromatic carbocycles. The van der Waals surface area contributed by atoms with Gasteiger partial charge in [0.15, 0.2) is 11.3 Å². The van der Waals surface area contributed by atoms with E-state index in [4.69, 9.17) is 18.9 Å². The second-order valence-corrected chi connectivity index (χ2v) is 18.4. The van der Waals surface area contributed by atoms with Gasteiger partial charge in [-0.2, -0.15) is 0 Å². The molecule has 8 rings (SSSR count). The van der Waals surface area contributed by atoms with Crippen molar-refractivity contribution in [2.45, 2.75) is 113 Å². The average Bonchev–Trinajstić information content (AvgIpc) is 4.04. The van der Waals surface area contributed by atoms with E-state index in [-0.39, 0.29) is 19.4 Å². The Hall–Kier alpha value is -5.18. The summed E-state index contributed by atoms with van der Waals surface area (Å²) in [4.78, 5) is 62.4. The molecule has 4 amide bonds. The maximum absolute atomic E-state index is 14.6. The summed E-state index contributed by atoms with van der Waals surface area (Å²) in [6.07, 6.45) is 6.68. The van der Waals surface area contributed by atoms with E-state index in [2.05, 4.69) is 15.4 Å². The number of allylic oxidation sites excluding steroid dienone is 1. The molecule has 4 aliphatic rings. The van der Waals surface area contributed by atoms with E-state index >= 15 is 0 Å². The molecular formula is C41H47N5O9S. The molecule has 2 aromatic heterocycles. The summed E-state index contributed by atoms with van der Waals surface area (Å²) >= 11 is 0. The lowest BCUT2D eigenvalue weighted by Gasteiger charge is -2.30. The second kappa shape index (κ2) is 14.4. The minimum Gasteiger partial charge on any atom is -0.484 e. The number of alkyl carbamates (subject to hydrolysis) is 1.